The Morgan fingerprint density at radius 1 is 0.930 bits per heavy atom. The standard InChI is InChI=1S/C32H22Cl4N2O5/c1-2-40-30-26(35)11-19(12-27(30)36)32(39)42-22-8-9-23-28(14-22)43-31(38)24(15-37)29(23)17-4-3-5-21(10-17)41-16-18-6-7-20(33)13-25(18)34/h3-14,29H,2,16,38H2,1H3. The van der Waals surface area contributed by atoms with Gasteiger partial charge in [0.15, 0.2) is 5.75 Å². The predicted molar refractivity (Wildman–Crippen MR) is 166 cm³/mol. The Morgan fingerprint density at radius 3 is 2.40 bits per heavy atom. The molecule has 0 spiro atoms. The fraction of sp³-hybridized carbons (Fsp3) is 0.125. The van der Waals surface area contributed by atoms with Gasteiger partial charge in [0.25, 0.3) is 0 Å². The second-order valence-electron chi connectivity index (χ2n) is 9.31. The maximum Gasteiger partial charge on any atom is 0.343 e. The molecule has 1 heterocycles. The van der Waals surface area contributed by atoms with Gasteiger partial charge in [0.05, 0.1) is 28.1 Å². The number of nitrogens with two attached hydrogens (primary N) is 1. The van der Waals surface area contributed by atoms with E-state index in [1.807, 2.05) is 18.2 Å². The molecule has 5 rings (SSSR count). The number of carbonyl (C=O) groups excluding carboxylic acids is 1. The van der Waals surface area contributed by atoms with Crippen LogP contribution in [0.4, 0.5) is 0 Å². The number of nitriles is 1. The summed E-state index contributed by atoms with van der Waals surface area (Å²) in [4.78, 5) is 12.9. The summed E-state index contributed by atoms with van der Waals surface area (Å²) in [7, 11) is 0. The van der Waals surface area contributed by atoms with Crippen LogP contribution in [0.15, 0.2) is 84.3 Å². The zero-order valence-corrected chi connectivity index (χ0v) is 25.5. The smallest absolute Gasteiger partial charge is 0.343 e. The first-order chi connectivity index (χ1) is 20.7. The molecule has 0 radical (unpaired) electrons. The minimum atomic E-state index is -0.689. The van der Waals surface area contributed by atoms with Crippen molar-refractivity contribution in [1.82, 2.24) is 0 Å². The van der Waals surface area contributed by atoms with Crippen LogP contribution in [-0.4, -0.2) is 12.6 Å². The first-order valence-corrected chi connectivity index (χ1v) is 14.4. The van der Waals surface area contributed by atoms with E-state index >= 15 is 0 Å². The summed E-state index contributed by atoms with van der Waals surface area (Å²) < 4.78 is 22.8. The lowest BCUT2D eigenvalue weighted by molar-refractivity contribution is 0.0734. The molecule has 1 aliphatic rings. The molecule has 0 aliphatic carbocycles. The third kappa shape index (κ3) is 6.64. The average molecular weight is 656 g/mol. The van der Waals surface area contributed by atoms with E-state index in [1.54, 1.807) is 43.3 Å². The van der Waals surface area contributed by atoms with E-state index in [-0.39, 0.29) is 45.2 Å². The zero-order valence-electron chi connectivity index (χ0n) is 22.5. The Balaban J connectivity index is 1.40. The summed E-state index contributed by atoms with van der Waals surface area (Å²) in [6.07, 6.45) is 0. The van der Waals surface area contributed by atoms with Gasteiger partial charge in [-0.3, -0.25) is 0 Å². The highest BCUT2D eigenvalue weighted by Crippen LogP contribution is 2.44. The Kier molecular flexibility index (Phi) is 9.24. The lowest BCUT2D eigenvalue weighted by atomic mass is 9.83. The SMILES string of the molecule is CCOc1c(Cl)cc(C(=O)Oc2ccc3c(c2)OC(N)=C(C#N)C3c2cccc(OCc3ccc(Cl)cc3Cl)c2)cc1Cl. The number of hydrogen-bond acceptors (Lipinski definition) is 7. The number of halogens is 4. The summed E-state index contributed by atoms with van der Waals surface area (Å²) >= 11 is 24.8. The largest absolute Gasteiger partial charge is 0.491 e. The van der Waals surface area contributed by atoms with Gasteiger partial charge >= 0.3 is 5.97 Å². The van der Waals surface area contributed by atoms with Gasteiger partial charge in [-0.1, -0.05) is 70.7 Å². The molecule has 0 aromatic heterocycles. The highest BCUT2D eigenvalue weighted by molar-refractivity contribution is 6.37. The van der Waals surface area contributed by atoms with E-state index < -0.39 is 11.9 Å². The molecule has 43 heavy (non-hydrogen) atoms. The van der Waals surface area contributed by atoms with E-state index in [0.717, 1.165) is 11.1 Å². The number of carbonyl (C=O) groups is 1. The fourth-order valence-corrected chi connectivity index (χ4v) is 5.61. The number of benzene rings is 4. The summed E-state index contributed by atoms with van der Waals surface area (Å²) in [5.74, 6) is 0.0476. The normalized spacial score (nSPS) is 13.9. The highest BCUT2D eigenvalue weighted by Gasteiger charge is 2.31. The Labute approximate surface area is 267 Å². The van der Waals surface area contributed by atoms with Crippen molar-refractivity contribution >= 4 is 52.4 Å². The van der Waals surface area contributed by atoms with Crippen LogP contribution >= 0.6 is 46.4 Å². The van der Waals surface area contributed by atoms with Gasteiger partial charge in [0.1, 0.15) is 35.5 Å². The van der Waals surface area contributed by atoms with E-state index in [4.69, 9.17) is 71.1 Å². The second kappa shape index (κ2) is 13.1. The molecule has 0 saturated carbocycles. The van der Waals surface area contributed by atoms with Crippen molar-refractivity contribution in [3.05, 3.63) is 127 Å². The minimum absolute atomic E-state index is 0.0622. The first-order valence-electron chi connectivity index (χ1n) is 12.9. The Hall–Kier alpha value is -4.06. The minimum Gasteiger partial charge on any atom is -0.491 e. The zero-order chi connectivity index (χ0) is 30.7. The monoisotopic (exact) mass is 654 g/mol. The lowest BCUT2D eigenvalue weighted by Gasteiger charge is -2.27. The van der Waals surface area contributed by atoms with E-state index in [0.29, 0.717) is 33.7 Å². The summed E-state index contributed by atoms with van der Waals surface area (Å²) in [5.41, 5.74) is 8.71. The molecule has 0 fully saturated rings. The van der Waals surface area contributed by atoms with Gasteiger partial charge in [-0.2, -0.15) is 5.26 Å². The van der Waals surface area contributed by atoms with Gasteiger partial charge in [0, 0.05) is 27.2 Å². The van der Waals surface area contributed by atoms with Crippen LogP contribution in [0, 0.1) is 11.3 Å². The van der Waals surface area contributed by atoms with Crippen molar-refractivity contribution in [3.63, 3.8) is 0 Å². The number of rotatable bonds is 8. The molecule has 4 aromatic rings. The number of ether oxygens (including phenoxy) is 4. The van der Waals surface area contributed by atoms with E-state index in [9.17, 15) is 10.1 Å². The number of nitrogens with zero attached hydrogens (tertiary/aromatic N) is 1. The van der Waals surface area contributed by atoms with Crippen molar-refractivity contribution < 1.29 is 23.7 Å². The molecule has 1 unspecified atom stereocenters. The van der Waals surface area contributed by atoms with Crippen LogP contribution in [0.1, 0.15) is 39.9 Å². The molecule has 0 amide bonds. The molecule has 2 N–H and O–H groups in total. The van der Waals surface area contributed by atoms with Crippen LogP contribution in [0.5, 0.6) is 23.0 Å². The van der Waals surface area contributed by atoms with Crippen molar-refractivity contribution in [2.75, 3.05) is 6.61 Å². The molecule has 11 heteroatoms. The van der Waals surface area contributed by atoms with Crippen LogP contribution in [0.2, 0.25) is 20.1 Å². The predicted octanol–water partition coefficient (Wildman–Crippen LogP) is 8.72. The molecule has 0 saturated heterocycles. The van der Waals surface area contributed by atoms with Crippen LogP contribution in [-0.2, 0) is 6.61 Å². The van der Waals surface area contributed by atoms with Crippen LogP contribution in [0.25, 0.3) is 0 Å². The van der Waals surface area contributed by atoms with Crippen molar-refractivity contribution in [2.24, 2.45) is 5.73 Å². The van der Waals surface area contributed by atoms with Gasteiger partial charge in [0.2, 0.25) is 5.88 Å². The second-order valence-corrected chi connectivity index (χ2v) is 11.0. The summed E-state index contributed by atoms with van der Waals surface area (Å²) in [5, 5.41) is 11.4. The number of fused-ring (bicyclic) bond motifs is 1. The lowest BCUT2D eigenvalue weighted by Crippen LogP contribution is -2.21. The average Bonchev–Trinajstić information content (AvgIpc) is 2.97. The van der Waals surface area contributed by atoms with Gasteiger partial charge < -0.3 is 24.7 Å². The molecule has 0 bridgehead atoms. The Morgan fingerprint density at radius 2 is 1.70 bits per heavy atom. The third-order valence-electron chi connectivity index (χ3n) is 6.52. The van der Waals surface area contributed by atoms with Crippen LogP contribution < -0.4 is 24.7 Å². The number of esters is 1. The van der Waals surface area contributed by atoms with E-state index in [1.165, 1.54) is 18.2 Å². The number of hydrogen-bond donors (Lipinski definition) is 1. The molecule has 4 aromatic carbocycles. The van der Waals surface area contributed by atoms with Crippen molar-refractivity contribution in [1.29, 1.82) is 5.26 Å². The molecule has 218 valence electrons. The van der Waals surface area contributed by atoms with Gasteiger partial charge in [-0.25, -0.2) is 4.79 Å². The molecular weight excluding hydrogens is 634 g/mol. The van der Waals surface area contributed by atoms with Crippen molar-refractivity contribution in [3.8, 4) is 29.1 Å². The quantitative estimate of drug-likeness (QED) is 0.150. The maximum absolute atomic E-state index is 12.9. The third-order valence-corrected chi connectivity index (χ3v) is 7.67. The molecule has 1 aliphatic heterocycles. The fourth-order valence-electron chi connectivity index (χ4n) is 4.55. The first kappa shape index (κ1) is 30.4. The topological polar surface area (TPSA) is 104 Å². The number of allylic oxidation sites excluding steroid dienone is 1. The summed E-state index contributed by atoms with van der Waals surface area (Å²) in [6, 6.07) is 22.3. The molecular formula is C32H22Cl4N2O5. The maximum atomic E-state index is 12.9. The molecule has 1 atom stereocenters. The van der Waals surface area contributed by atoms with Crippen LogP contribution in [0.3, 0.4) is 0 Å². The van der Waals surface area contributed by atoms with Crippen molar-refractivity contribution in [2.45, 2.75) is 19.4 Å². The van der Waals surface area contributed by atoms with Gasteiger partial charge in [-0.15, -0.1) is 0 Å². The molecule has 7 nitrogen and oxygen atoms in total. The Bertz CT molecular complexity index is 1780. The van der Waals surface area contributed by atoms with E-state index in [2.05, 4.69) is 6.07 Å². The van der Waals surface area contributed by atoms with Gasteiger partial charge in [-0.05, 0) is 55.0 Å². The highest BCUT2D eigenvalue weighted by atomic mass is 35.5. The summed E-state index contributed by atoms with van der Waals surface area (Å²) in [6.45, 7) is 2.37.